The minimum atomic E-state index is -0.588. The van der Waals surface area contributed by atoms with Crippen molar-refractivity contribution < 1.29 is 14.3 Å². The van der Waals surface area contributed by atoms with Crippen LogP contribution in [0.5, 0.6) is 0 Å². The highest BCUT2D eigenvalue weighted by Crippen LogP contribution is 2.32. The van der Waals surface area contributed by atoms with Crippen molar-refractivity contribution in [1.29, 1.82) is 5.26 Å². The van der Waals surface area contributed by atoms with Crippen LogP contribution in [0.15, 0.2) is 88.7 Å². The summed E-state index contributed by atoms with van der Waals surface area (Å²) in [7, 11) is 0. The second kappa shape index (κ2) is 10.3. The van der Waals surface area contributed by atoms with Crippen molar-refractivity contribution in [2.45, 2.75) is 22.8 Å². The van der Waals surface area contributed by atoms with Gasteiger partial charge in [-0.3, -0.25) is 4.79 Å². The van der Waals surface area contributed by atoms with Crippen LogP contribution in [0.1, 0.15) is 34.5 Å². The van der Waals surface area contributed by atoms with Crippen molar-refractivity contribution >= 4 is 23.6 Å². The summed E-state index contributed by atoms with van der Waals surface area (Å²) >= 11 is 1.31. The van der Waals surface area contributed by atoms with E-state index in [1.165, 1.54) is 11.8 Å². The molecule has 0 saturated carbocycles. The van der Waals surface area contributed by atoms with Crippen LogP contribution in [-0.2, 0) is 9.53 Å². The fraction of sp³-hybridized carbons (Fsp3) is 0.125. The smallest absolute Gasteiger partial charge is 0.339 e. The molecular weight excluding hydrogens is 396 g/mol. The molecule has 5 nitrogen and oxygen atoms in total. The number of benzene rings is 3. The SMILES string of the molecule is C[C@H](NC(=O)COC(=O)c1ccccc1Sc1ccccc1C#N)c1ccccc1. The molecule has 0 aliphatic rings. The molecule has 0 saturated heterocycles. The van der Waals surface area contributed by atoms with Gasteiger partial charge in [0.1, 0.15) is 6.07 Å². The molecule has 0 fully saturated rings. The van der Waals surface area contributed by atoms with Crippen LogP contribution in [0.3, 0.4) is 0 Å². The zero-order chi connectivity index (χ0) is 21.3. The predicted molar refractivity (Wildman–Crippen MR) is 115 cm³/mol. The Balaban J connectivity index is 1.63. The summed E-state index contributed by atoms with van der Waals surface area (Å²) < 4.78 is 5.23. The summed E-state index contributed by atoms with van der Waals surface area (Å²) in [5.41, 5.74) is 1.84. The molecule has 0 heterocycles. The summed E-state index contributed by atoms with van der Waals surface area (Å²) in [4.78, 5) is 26.2. The number of hydrogen-bond donors (Lipinski definition) is 1. The fourth-order valence-corrected chi connectivity index (χ4v) is 3.82. The molecule has 3 aromatic rings. The quantitative estimate of drug-likeness (QED) is 0.563. The molecule has 30 heavy (non-hydrogen) atoms. The van der Waals surface area contributed by atoms with E-state index in [-0.39, 0.29) is 18.6 Å². The maximum absolute atomic E-state index is 12.6. The van der Waals surface area contributed by atoms with Crippen molar-refractivity contribution in [3.63, 3.8) is 0 Å². The molecular formula is C24H20N2O3S. The normalized spacial score (nSPS) is 11.2. The van der Waals surface area contributed by atoms with Gasteiger partial charge in [0.2, 0.25) is 0 Å². The molecule has 0 aromatic heterocycles. The molecule has 0 aliphatic carbocycles. The van der Waals surface area contributed by atoms with Gasteiger partial charge in [-0.1, -0.05) is 66.4 Å². The zero-order valence-corrected chi connectivity index (χ0v) is 17.2. The van der Waals surface area contributed by atoms with Crippen LogP contribution < -0.4 is 5.32 Å². The number of ether oxygens (including phenoxy) is 1. The van der Waals surface area contributed by atoms with Crippen molar-refractivity contribution in [2.24, 2.45) is 0 Å². The second-order valence-electron chi connectivity index (χ2n) is 6.48. The second-order valence-corrected chi connectivity index (χ2v) is 7.57. The molecule has 6 heteroatoms. The first-order valence-corrected chi connectivity index (χ1v) is 10.2. The first kappa shape index (κ1) is 21.2. The predicted octanol–water partition coefficient (Wildman–Crippen LogP) is 4.74. The van der Waals surface area contributed by atoms with Gasteiger partial charge in [0, 0.05) is 9.79 Å². The van der Waals surface area contributed by atoms with Gasteiger partial charge in [-0.05, 0) is 36.8 Å². The van der Waals surface area contributed by atoms with Gasteiger partial charge in [0.25, 0.3) is 5.91 Å². The number of nitriles is 1. The van der Waals surface area contributed by atoms with Crippen LogP contribution in [0.2, 0.25) is 0 Å². The summed E-state index contributed by atoms with van der Waals surface area (Å²) in [6.07, 6.45) is 0. The molecule has 3 aromatic carbocycles. The lowest BCUT2D eigenvalue weighted by Gasteiger charge is -2.14. The highest BCUT2D eigenvalue weighted by atomic mass is 32.2. The number of carbonyl (C=O) groups excluding carboxylic acids is 2. The third-order valence-corrected chi connectivity index (χ3v) is 5.50. The Labute approximate surface area is 179 Å². The molecule has 0 bridgehead atoms. The van der Waals surface area contributed by atoms with Gasteiger partial charge in [0.15, 0.2) is 6.61 Å². The van der Waals surface area contributed by atoms with E-state index in [1.807, 2.05) is 55.5 Å². The van der Waals surface area contributed by atoms with E-state index in [4.69, 9.17) is 4.74 Å². The highest BCUT2D eigenvalue weighted by Gasteiger charge is 2.17. The van der Waals surface area contributed by atoms with E-state index in [2.05, 4.69) is 11.4 Å². The molecule has 150 valence electrons. The van der Waals surface area contributed by atoms with E-state index in [0.717, 1.165) is 10.5 Å². The summed E-state index contributed by atoms with van der Waals surface area (Å²) in [5.74, 6) is -0.963. The van der Waals surface area contributed by atoms with Crippen LogP contribution in [0.4, 0.5) is 0 Å². The number of nitrogens with one attached hydrogen (secondary N) is 1. The van der Waals surface area contributed by atoms with E-state index in [1.54, 1.807) is 30.3 Å². The lowest BCUT2D eigenvalue weighted by molar-refractivity contribution is -0.124. The van der Waals surface area contributed by atoms with Crippen molar-refractivity contribution in [3.05, 3.63) is 95.6 Å². The Bertz CT molecular complexity index is 1080. The number of amides is 1. The Morgan fingerprint density at radius 1 is 0.967 bits per heavy atom. The van der Waals surface area contributed by atoms with Gasteiger partial charge < -0.3 is 10.1 Å². The summed E-state index contributed by atoms with van der Waals surface area (Å²) in [5, 5.41) is 12.1. The van der Waals surface area contributed by atoms with Gasteiger partial charge in [-0.15, -0.1) is 0 Å². The Kier molecular flexibility index (Phi) is 7.25. The number of carbonyl (C=O) groups is 2. The summed E-state index contributed by atoms with van der Waals surface area (Å²) in [6, 6.07) is 25.6. The molecule has 0 spiro atoms. The van der Waals surface area contributed by atoms with Crippen LogP contribution in [0, 0.1) is 11.3 Å². The maximum atomic E-state index is 12.6. The largest absolute Gasteiger partial charge is 0.452 e. The zero-order valence-electron chi connectivity index (χ0n) is 16.4. The lowest BCUT2D eigenvalue weighted by Crippen LogP contribution is -2.31. The van der Waals surface area contributed by atoms with Gasteiger partial charge >= 0.3 is 5.97 Å². The van der Waals surface area contributed by atoms with Gasteiger partial charge in [-0.25, -0.2) is 4.79 Å². The molecule has 1 atom stereocenters. The lowest BCUT2D eigenvalue weighted by atomic mass is 10.1. The number of hydrogen-bond acceptors (Lipinski definition) is 5. The van der Waals surface area contributed by atoms with E-state index in [9.17, 15) is 14.9 Å². The van der Waals surface area contributed by atoms with Crippen LogP contribution in [0.25, 0.3) is 0 Å². The van der Waals surface area contributed by atoms with E-state index in [0.29, 0.717) is 16.0 Å². The first-order chi connectivity index (χ1) is 14.6. The van der Waals surface area contributed by atoms with Crippen molar-refractivity contribution in [3.8, 4) is 6.07 Å². The fourth-order valence-electron chi connectivity index (χ4n) is 2.81. The van der Waals surface area contributed by atoms with Gasteiger partial charge in [-0.2, -0.15) is 5.26 Å². The minimum absolute atomic E-state index is 0.192. The third kappa shape index (κ3) is 5.49. The van der Waals surface area contributed by atoms with E-state index < -0.39 is 5.97 Å². The average Bonchev–Trinajstić information content (AvgIpc) is 2.78. The molecule has 1 N–H and O–H groups in total. The van der Waals surface area contributed by atoms with Crippen molar-refractivity contribution in [2.75, 3.05) is 6.61 Å². The highest BCUT2D eigenvalue weighted by molar-refractivity contribution is 7.99. The average molecular weight is 417 g/mol. The van der Waals surface area contributed by atoms with E-state index >= 15 is 0 Å². The summed E-state index contributed by atoms with van der Waals surface area (Å²) in [6.45, 7) is 1.50. The molecule has 3 rings (SSSR count). The topological polar surface area (TPSA) is 79.2 Å². The molecule has 0 aliphatic heterocycles. The first-order valence-electron chi connectivity index (χ1n) is 9.36. The minimum Gasteiger partial charge on any atom is -0.452 e. The van der Waals surface area contributed by atoms with Crippen molar-refractivity contribution in [1.82, 2.24) is 5.32 Å². The third-order valence-electron chi connectivity index (χ3n) is 4.35. The Morgan fingerprint density at radius 3 is 2.33 bits per heavy atom. The Morgan fingerprint density at radius 2 is 1.60 bits per heavy atom. The Hall–Kier alpha value is -3.56. The molecule has 1 amide bonds. The van der Waals surface area contributed by atoms with Gasteiger partial charge in [0.05, 0.1) is 17.2 Å². The number of esters is 1. The molecule has 0 unspecified atom stereocenters. The van der Waals surface area contributed by atoms with Crippen LogP contribution >= 0.6 is 11.8 Å². The standard InChI is InChI=1S/C24H20N2O3S/c1-17(18-9-3-2-4-10-18)26-23(27)16-29-24(28)20-12-6-8-14-22(20)30-21-13-7-5-11-19(21)15-25/h2-14,17H,16H2,1H3,(H,26,27)/t17-/m0/s1. The number of nitrogens with zero attached hydrogens (tertiary/aromatic N) is 1. The maximum Gasteiger partial charge on any atom is 0.339 e. The monoisotopic (exact) mass is 416 g/mol. The van der Waals surface area contributed by atoms with Crippen LogP contribution in [-0.4, -0.2) is 18.5 Å². The molecule has 0 radical (unpaired) electrons. The number of rotatable bonds is 7.